The van der Waals surface area contributed by atoms with E-state index in [0.717, 1.165) is 22.9 Å². The molecule has 1 aliphatic rings. The molecule has 1 heterocycles. The fraction of sp³-hybridized carbons (Fsp3) is 0.200. The lowest BCUT2D eigenvalue weighted by Gasteiger charge is -2.14. The summed E-state index contributed by atoms with van der Waals surface area (Å²) in [4.78, 5) is 25.7. The maximum absolute atomic E-state index is 12.3. The molecular weight excluding hydrogens is 466 g/mol. The zero-order chi connectivity index (χ0) is 20.3. The molecule has 146 valence electrons. The van der Waals surface area contributed by atoms with Crippen LogP contribution in [0.15, 0.2) is 45.8 Å². The molecule has 0 bridgehead atoms. The van der Waals surface area contributed by atoms with E-state index in [9.17, 15) is 9.59 Å². The molecule has 0 radical (unpaired) electrons. The van der Waals surface area contributed by atoms with Crippen LogP contribution in [0.2, 0.25) is 5.02 Å². The van der Waals surface area contributed by atoms with Gasteiger partial charge in [-0.3, -0.25) is 14.5 Å². The molecular formula is C20H17BrClNO4S. The minimum absolute atomic E-state index is 0.257. The highest BCUT2D eigenvalue weighted by Crippen LogP contribution is 2.39. The Morgan fingerprint density at radius 2 is 1.93 bits per heavy atom. The first-order chi connectivity index (χ1) is 13.4. The normalized spacial score (nSPS) is 15.4. The molecule has 1 fully saturated rings. The van der Waals surface area contributed by atoms with E-state index < -0.39 is 0 Å². The van der Waals surface area contributed by atoms with Crippen molar-refractivity contribution in [3.05, 3.63) is 61.9 Å². The average molecular weight is 483 g/mol. The molecule has 2 aromatic rings. The van der Waals surface area contributed by atoms with E-state index in [2.05, 4.69) is 15.9 Å². The lowest BCUT2D eigenvalue weighted by molar-refractivity contribution is -0.122. The van der Waals surface area contributed by atoms with Crippen molar-refractivity contribution in [2.24, 2.45) is 0 Å². The summed E-state index contributed by atoms with van der Waals surface area (Å²) >= 11 is 10.3. The highest BCUT2D eigenvalue weighted by molar-refractivity contribution is 9.10. The van der Waals surface area contributed by atoms with Crippen LogP contribution in [-0.4, -0.2) is 29.7 Å². The first-order valence-electron chi connectivity index (χ1n) is 8.43. The van der Waals surface area contributed by atoms with Gasteiger partial charge in [0, 0.05) is 11.6 Å². The highest BCUT2D eigenvalue weighted by atomic mass is 79.9. The summed E-state index contributed by atoms with van der Waals surface area (Å²) in [5, 5.41) is 0.409. The van der Waals surface area contributed by atoms with Crippen molar-refractivity contribution in [1.82, 2.24) is 4.90 Å². The number of nitrogens with zero attached hydrogens (tertiary/aromatic N) is 1. The van der Waals surface area contributed by atoms with Gasteiger partial charge in [0.1, 0.15) is 6.61 Å². The smallest absolute Gasteiger partial charge is 0.293 e. The zero-order valence-electron chi connectivity index (χ0n) is 15.2. The van der Waals surface area contributed by atoms with Gasteiger partial charge < -0.3 is 9.47 Å². The zero-order valence-corrected chi connectivity index (χ0v) is 18.4. The van der Waals surface area contributed by atoms with Gasteiger partial charge in [-0.25, -0.2) is 0 Å². The van der Waals surface area contributed by atoms with Gasteiger partial charge in [-0.05, 0) is 76.1 Å². The van der Waals surface area contributed by atoms with E-state index in [1.165, 1.54) is 4.90 Å². The Balaban J connectivity index is 1.83. The van der Waals surface area contributed by atoms with Crippen molar-refractivity contribution in [3.8, 4) is 11.5 Å². The third-order valence-corrected chi connectivity index (χ3v) is 5.78. The average Bonchev–Trinajstić information content (AvgIpc) is 2.94. The molecule has 0 spiro atoms. The molecule has 2 amide bonds. The van der Waals surface area contributed by atoms with Gasteiger partial charge in [-0.1, -0.05) is 23.7 Å². The van der Waals surface area contributed by atoms with Crippen LogP contribution in [0.1, 0.15) is 18.1 Å². The predicted octanol–water partition coefficient (Wildman–Crippen LogP) is 5.75. The van der Waals surface area contributed by atoms with Crippen molar-refractivity contribution in [3.63, 3.8) is 0 Å². The van der Waals surface area contributed by atoms with Gasteiger partial charge in [-0.15, -0.1) is 0 Å². The number of halogens is 2. The lowest BCUT2D eigenvalue weighted by atomic mass is 10.1. The number of rotatable bonds is 6. The number of imide groups is 1. The Morgan fingerprint density at radius 1 is 1.21 bits per heavy atom. The fourth-order valence-electron chi connectivity index (χ4n) is 2.62. The largest absolute Gasteiger partial charge is 0.493 e. The molecule has 1 aliphatic heterocycles. The number of carbonyl (C=O) groups is 2. The second-order valence-corrected chi connectivity index (χ2v) is 8.16. The molecule has 0 aliphatic carbocycles. The van der Waals surface area contributed by atoms with Crippen LogP contribution in [0.5, 0.6) is 11.5 Å². The molecule has 0 aromatic heterocycles. The molecule has 0 unspecified atom stereocenters. The SMILES string of the molecule is CCN1C(=O)SC(=Cc2cc(Br)c(OCc3ccc(Cl)cc3)c(OC)c2)C1=O. The minimum atomic E-state index is -0.282. The van der Waals surface area contributed by atoms with E-state index >= 15 is 0 Å². The first-order valence-corrected chi connectivity index (χ1v) is 10.4. The molecule has 8 heteroatoms. The maximum atomic E-state index is 12.3. The minimum Gasteiger partial charge on any atom is -0.493 e. The van der Waals surface area contributed by atoms with Gasteiger partial charge >= 0.3 is 0 Å². The lowest BCUT2D eigenvalue weighted by Crippen LogP contribution is -2.27. The maximum Gasteiger partial charge on any atom is 0.293 e. The number of ether oxygens (including phenoxy) is 2. The highest BCUT2D eigenvalue weighted by Gasteiger charge is 2.33. The summed E-state index contributed by atoms with van der Waals surface area (Å²) in [7, 11) is 1.55. The van der Waals surface area contributed by atoms with Gasteiger partial charge in [0.2, 0.25) is 0 Å². The second kappa shape index (κ2) is 9.03. The Hall–Kier alpha value is -1.96. The van der Waals surface area contributed by atoms with Crippen molar-refractivity contribution in [1.29, 1.82) is 0 Å². The van der Waals surface area contributed by atoms with E-state index in [4.69, 9.17) is 21.1 Å². The molecule has 5 nitrogen and oxygen atoms in total. The van der Waals surface area contributed by atoms with Crippen molar-refractivity contribution in [2.75, 3.05) is 13.7 Å². The van der Waals surface area contributed by atoms with Crippen LogP contribution in [0.3, 0.4) is 0 Å². The molecule has 3 rings (SSSR count). The van der Waals surface area contributed by atoms with E-state index in [1.54, 1.807) is 38.3 Å². The standard InChI is InChI=1S/C20H17BrClNO4S/c1-3-23-19(24)17(28-20(23)25)10-13-8-15(21)18(16(9-13)26-2)27-11-12-4-6-14(22)7-5-12/h4-10H,3,11H2,1-2H3. The predicted molar refractivity (Wildman–Crippen MR) is 115 cm³/mol. The van der Waals surface area contributed by atoms with Crippen LogP contribution in [0.25, 0.3) is 6.08 Å². The third kappa shape index (κ3) is 4.54. The van der Waals surface area contributed by atoms with E-state index in [1.807, 2.05) is 18.2 Å². The number of carbonyl (C=O) groups excluding carboxylic acids is 2. The van der Waals surface area contributed by atoms with Crippen LogP contribution >= 0.6 is 39.3 Å². The Morgan fingerprint density at radius 3 is 2.54 bits per heavy atom. The number of methoxy groups -OCH3 is 1. The van der Waals surface area contributed by atoms with Gasteiger partial charge in [-0.2, -0.15) is 0 Å². The molecule has 0 atom stereocenters. The summed E-state index contributed by atoms with van der Waals surface area (Å²) in [5.41, 5.74) is 1.69. The quantitative estimate of drug-likeness (QED) is 0.491. The van der Waals surface area contributed by atoms with Gasteiger partial charge in [0.15, 0.2) is 11.5 Å². The summed E-state index contributed by atoms with van der Waals surface area (Å²) in [6.45, 7) is 2.47. The van der Waals surface area contributed by atoms with Crippen LogP contribution < -0.4 is 9.47 Å². The Kier molecular flexibility index (Phi) is 6.69. The monoisotopic (exact) mass is 481 g/mol. The topological polar surface area (TPSA) is 55.8 Å². The number of hydrogen-bond acceptors (Lipinski definition) is 5. The molecule has 2 aromatic carbocycles. The molecule has 0 N–H and O–H groups in total. The Labute approximate surface area is 180 Å². The number of amides is 2. The third-order valence-electron chi connectivity index (χ3n) is 4.04. The number of thioether (sulfide) groups is 1. The van der Waals surface area contributed by atoms with Gasteiger partial charge in [0.25, 0.3) is 11.1 Å². The Bertz CT molecular complexity index is 946. The number of likely N-dealkylation sites (N-methyl/N-ethyl adjacent to an activating group) is 1. The molecule has 28 heavy (non-hydrogen) atoms. The molecule has 1 saturated heterocycles. The van der Waals surface area contributed by atoms with Crippen molar-refractivity contribution in [2.45, 2.75) is 13.5 Å². The fourth-order valence-corrected chi connectivity index (χ4v) is 4.23. The van der Waals surface area contributed by atoms with E-state index in [0.29, 0.717) is 39.1 Å². The van der Waals surface area contributed by atoms with Crippen molar-refractivity contribution < 1.29 is 19.1 Å². The first kappa shape index (κ1) is 20.8. The van der Waals surface area contributed by atoms with E-state index in [-0.39, 0.29) is 11.1 Å². The number of benzene rings is 2. The van der Waals surface area contributed by atoms with Crippen LogP contribution in [0, 0.1) is 0 Å². The summed E-state index contributed by atoms with van der Waals surface area (Å²) in [6, 6.07) is 11.0. The van der Waals surface area contributed by atoms with Crippen LogP contribution in [0.4, 0.5) is 4.79 Å². The van der Waals surface area contributed by atoms with Crippen LogP contribution in [-0.2, 0) is 11.4 Å². The summed E-state index contributed by atoms with van der Waals surface area (Å²) in [5.74, 6) is 0.788. The summed E-state index contributed by atoms with van der Waals surface area (Å²) < 4.78 is 12.0. The second-order valence-electron chi connectivity index (χ2n) is 5.88. The van der Waals surface area contributed by atoms with Gasteiger partial charge in [0.05, 0.1) is 16.5 Å². The number of hydrogen-bond donors (Lipinski definition) is 0. The van der Waals surface area contributed by atoms with Crippen molar-refractivity contribution >= 4 is 56.5 Å². The molecule has 0 saturated carbocycles. The summed E-state index contributed by atoms with van der Waals surface area (Å²) in [6.07, 6.45) is 1.68.